The Balaban J connectivity index is 1.06. The highest BCUT2D eigenvalue weighted by atomic mass is 16.4. The van der Waals surface area contributed by atoms with E-state index in [1.54, 1.807) is 0 Å². The molecular formula is C35H45N5O3. The van der Waals surface area contributed by atoms with Crippen molar-refractivity contribution in [2.45, 2.75) is 69.5 Å². The Hall–Kier alpha value is -3.41. The molecule has 2 amide bonds. The Morgan fingerprint density at radius 2 is 1.63 bits per heavy atom. The third-order valence-corrected chi connectivity index (χ3v) is 10.5. The molecule has 3 saturated heterocycles. The summed E-state index contributed by atoms with van der Waals surface area (Å²) >= 11 is 0. The number of likely N-dealkylation sites (tertiary alicyclic amines) is 2. The number of carbonyl (C=O) groups is 2. The molecule has 1 saturated carbocycles. The third kappa shape index (κ3) is 6.73. The molecule has 0 radical (unpaired) electrons. The van der Waals surface area contributed by atoms with Crippen molar-refractivity contribution < 1.29 is 14.7 Å². The van der Waals surface area contributed by atoms with E-state index in [2.05, 4.69) is 51.1 Å². The number of carboxylic acid groups (broad SMARTS) is 1. The van der Waals surface area contributed by atoms with Crippen LogP contribution in [0.3, 0.4) is 0 Å². The van der Waals surface area contributed by atoms with Crippen molar-refractivity contribution in [3.05, 3.63) is 71.3 Å². The Kier molecular flexibility index (Phi) is 9.30. The number of hydrogen-bond acceptors (Lipinski definition) is 5. The summed E-state index contributed by atoms with van der Waals surface area (Å²) in [6.45, 7) is 6.64. The van der Waals surface area contributed by atoms with Gasteiger partial charge in [-0.3, -0.25) is 9.69 Å². The van der Waals surface area contributed by atoms with Crippen LogP contribution in [0.1, 0.15) is 67.6 Å². The Labute approximate surface area is 255 Å². The molecule has 228 valence electrons. The molecule has 4 aliphatic rings. The zero-order valence-corrected chi connectivity index (χ0v) is 25.2. The fourth-order valence-electron chi connectivity index (χ4n) is 8.24. The van der Waals surface area contributed by atoms with Crippen LogP contribution in [0.2, 0.25) is 0 Å². The second-order valence-corrected chi connectivity index (χ2v) is 13.2. The van der Waals surface area contributed by atoms with Crippen molar-refractivity contribution in [2.24, 2.45) is 11.8 Å². The van der Waals surface area contributed by atoms with Crippen molar-refractivity contribution in [3.63, 3.8) is 0 Å². The number of amides is 2. The summed E-state index contributed by atoms with van der Waals surface area (Å²) < 4.78 is 0. The number of aliphatic carboxylic acids is 1. The number of carbonyl (C=O) groups excluding carboxylic acids is 1. The van der Waals surface area contributed by atoms with E-state index in [1.165, 1.54) is 12.0 Å². The molecule has 1 N–H and O–H groups in total. The van der Waals surface area contributed by atoms with Gasteiger partial charge >= 0.3 is 12.0 Å². The molecule has 3 aliphatic heterocycles. The topological polar surface area (TPSA) is 91.1 Å². The molecule has 0 bridgehead atoms. The van der Waals surface area contributed by atoms with Gasteiger partial charge in [0.25, 0.3) is 0 Å². The zero-order chi connectivity index (χ0) is 29.8. The lowest BCUT2D eigenvalue weighted by Crippen LogP contribution is -2.48. The number of piperidine rings is 1. The third-order valence-electron chi connectivity index (χ3n) is 10.5. The molecule has 3 unspecified atom stereocenters. The lowest BCUT2D eigenvalue weighted by molar-refractivity contribution is -0.145. The van der Waals surface area contributed by atoms with E-state index in [0.717, 1.165) is 89.9 Å². The number of urea groups is 1. The van der Waals surface area contributed by atoms with Crippen LogP contribution in [0, 0.1) is 23.2 Å². The maximum absolute atomic E-state index is 13.3. The van der Waals surface area contributed by atoms with Crippen LogP contribution in [-0.2, 0) is 11.3 Å². The molecule has 8 nitrogen and oxygen atoms in total. The number of nitrogens with zero attached hydrogens (tertiary/aromatic N) is 5. The Bertz CT molecular complexity index is 1280. The van der Waals surface area contributed by atoms with Gasteiger partial charge in [-0.1, -0.05) is 61.7 Å². The smallest absolute Gasteiger partial charge is 0.321 e. The standard InChI is InChI=1S/C35H45N5O3/c36-21-26-11-13-27(14-12-26)22-38-19-20-40(35(38)43)31-15-17-37(18-16-31)23-30-24-39(25-32(30)28-7-3-1-4-8-28)33(34(41)42)29-9-5-2-6-10-29/h1,3-4,7-8,11-14,29-33H,2,5-6,9-10,15-20,22-25H2,(H,41,42). The van der Waals surface area contributed by atoms with Crippen LogP contribution in [0.5, 0.6) is 0 Å². The molecule has 2 aromatic carbocycles. The molecule has 6 rings (SSSR count). The SMILES string of the molecule is N#Cc1ccc(CN2CCN(C3CCN(CC4CN(C(C(=O)O)C5CCCCC5)CC4c4ccccc4)CC3)C2=O)cc1. The number of benzene rings is 2. The summed E-state index contributed by atoms with van der Waals surface area (Å²) in [6, 6.07) is 20.4. The molecule has 0 spiro atoms. The van der Waals surface area contributed by atoms with E-state index in [1.807, 2.05) is 29.2 Å². The van der Waals surface area contributed by atoms with E-state index in [-0.39, 0.29) is 24.0 Å². The van der Waals surface area contributed by atoms with E-state index < -0.39 is 5.97 Å². The number of carboxylic acids is 1. The minimum Gasteiger partial charge on any atom is -0.480 e. The fourth-order valence-corrected chi connectivity index (χ4v) is 8.24. The van der Waals surface area contributed by atoms with Gasteiger partial charge in [0, 0.05) is 64.3 Å². The predicted octanol–water partition coefficient (Wildman–Crippen LogP) is 5.01. The van der Waals surface area contributed by atoms with Crippen LogP contribution >= 0.6 is 0 Å². The number of nitriles is 1. The largest absolute Gasteiger partial charge is 0.480 e. The lowest BCUT2D eigenvalue weighted by atomic mass is 9.83. The second-order valence-electron chi connectivity index (χ2n) is 13.2. The molecule has 3 heterocycles. The molecular weight excluding hydrogens is 538 g/mol. The minimum atomic E-state index is -0.649. The Morgan fingerprint density at radius 1 is 0.907 bits per heavy atom. The van der Waals surface area contributed by atoms with Gasteiger partial charge in [0.05, 0.1) is 11.6 Å². The Morgan fingerprint density at radius 3 is 2.30 bits per heavy atom. The molecule has 4 fully saturated rings. The van der Waals surface area contributed by atoms with Gasteiger partial charge in [0.2, 0.25) is 0 Å². The summed E-state index contributed by atoms with van der Waals surface area (Å²) in [5.41, 5.74) is 3.01. The van der Waals surface area contributed by atoms with Crippen molar-refractivity contribution in [1.82, 2.24) is 19.6 Å². The van der Waals surface area contributed by atoms with Crippen molar-refractivity contribution in [1.29, 1.82) is 5.26 Å². The van der Waals surface area contributed by atoms with Crippen LogP contribution < -0.4 is 0 Å². The average molecular weight is 584 g/mol. The first-order chi connectivity index (χ1) is 21.0. The molecule has 8 heteroatoms. The average Bonchev–Trinajstić information content (AvgIpc) is 3.61. The molecule has 3 atom stereocenters. The van der Waals surface area contributed by atoms with Crippen molar-refractivity contribution in [2.75, 3.05) is 45.8 Å². The normalized spacial score (nSPS) is 25.2. The van der Waals surface area contributed by atoms with E-state index in [9.17, 15) is 14.7 Å². The lowest BCUT2D eigenvalue weighted by Gasteiger charge is -2.38. The first kappa shape index (κ1) is 29.7. The van der Waals surface area contributed by atoms with Crippen molar-refractivity contribution >= 4 is 12.0 Å². The van der Waals surface area contributed by atoms with Gasteiger partial charge in [0.15, 0.2) is 0 Å². The first-order valence-corrected chi connectivity index (χ1v) is 16.3. The quantitative estimate of drug-likeness (QED) is 0.446. The predicted molar refractivity (Wildman–Crippen MR) is 165 cm³/mol. The highest BCUT2D eigenvalue weighted by Crippen LogP contribution is 2.38. The second kappa shape index (κ2) is 13.5. The molecule has 1 aliphatic carbocycles. The van der Waals surface area contributed by atoms with Gasteiger partial charge < -0.3 is 19.8 Å². The van der Waals surface area contributed by atoms with Gasteiger partial charge in [0.1, 0.15) is 6.04 Å². The highest BCUT2D eigenvalue weighted by molar-refractivity contribution is 5.77. The molecule has 0 aromatic heterocycles. The van der Waals surface area contributed by atoms with E-state index in [0.29, 0.717) is 23.9 Å². The minimum absolute atomic E-state index is 0.126. The summed E-state index contributed by atoms with van der Waals surface area (Å²) in [4.78, 5) is 34.7. The van der Waals surface area contributed by atoms with Gasteiger partial charge in [-0.2, -0.15) is 5.26 Å². The highest BCUT2D eigenvalue weighted by Gasteiger charge is 2.43. The van der Waals surface area contributed by atoms with E-state index in [4.69, 9.17) is 5.26 Å². The molecule has 2 aromatic rings. The van der Waals surface area contributed by atoms with E-state index >= 15 is 0 Å². The number of rotatable bonds is 9. The van der Waals surface area contributed by atoms with Gasteiger partial charge in [-0.05, 0) is 60.8 Å². The summed E-state index contributed by atoms with van der Waals surface area (Å²) in [5.74, 6) is 0.330. The van der Waals surface area contributed by atoms with Crippen LogP contribution in [0.15, 0.2) is 54.6 Å². The van der Waals surface area contributed by atoms with Gasteiger partial charge in [-0.25, -0.2) is 4.79 Å². The van der Waals surface area contributed by atoms with Crippen molar-refractivity contribution in [3.8, 4) is 6.07 Å². The van der Waals surface area contributed by atoms with Gasteiger partial charge in [-0.15, -0.1) is 0 Å². The summed E-state index contributed by atoms with van der Waals surface area (Å²) in [5, 5.41) is 19.4. The maximum Gasteiger partial charge on any atom is 0.321 e. The molecule has 43 heavy (non-hydrogen) atoms. The van der Waals surface area contributed by atoms with Crippen LogP contribution in [0.25, 0.3) is 0 Å². The zero-order valence-electron chi connectivity index (χ0n) is 25.2. The first-order valence-electron chi connectivity index (χ1n) is 16.3. The monoisotopic (exact) mass is 583 g/mol. The number of hydrogen-bond donors (Lipinski definition) is 1. The van der Waals surface area contributed by atoms with Crippen LogP contribution in [-0.4, -0.2) is 94.6 Å². The fraction of sp³-hybridized carbons (Fsp3) is 0.571. The summed E-state index contributed by atoms with van der Waals surface area (Å²) in [6.07, 6.45) is 7.53. The summed E-state index contributed by atoms with van der Waals surface area (Å²) in [7, 11) is 0. The van der Waals surface area contributed by atoms with Crippen LogP contribution in [0.4, 0.5) is 4.79 Å². The maximum atomic E-state index is 13.3.